The van der Waals surface area contributed by atoms with Gasteiger partial charge in [0.15, 0.2) is 0 Å². The van der Waals surface area contributed by atoms with Gasteiger partial charge in [-0.05, 0) is 36.8 Å². The number of nitrogens with two attached hydrogens (primary N) is 1. The molecule has 1 aromatic rings. The predicted octanol–water partition coefficient (Wildman–Crippen LogP) is 3.08. The number of benzene rings is 1. The summed E-state index contributed by atoms with van der Waals surface area (Å²) in [6, 6.07) is 2.80. The standard InChI is InChI=1S/C15H16F4N2O.ClH/c16-13-9(2-1-3-11(13)15(17,18)19)14(22)21-6-8-4-5-12(20)10(8)7-21;/h1-3,8,10,12H,4-7,20H2;1H. The molecule has 1 amide bonds. The fourth-order valence-electron chi connectivity index (χ4n) is 3.56. The third-order valence-electron chi connectivity index (χ3n) is 4.73. The summed E-state index contributed by atoms with van der Waals surface area (Å²) in [5.41, 5.74) is 4.04. The number of carbonyl (C=O) groups excluding carboxylic acids is 1. The first kappa shape index (κ1) is 18.0. The maximum Gasteiger partial charge on any atom is 0.419 e. The summed E-state index contributed by atoms with van der Waals surface area (Å²) in [5.74, 6) is -1.75. The number of halogens is 5. The van der Waals surface area contributed by atoms with Crippen LogP contribution in [0.2, 0.25) is 0 Å². The number of amides is 1. The van der Waals surface area contributed by atoms with E-state index in [2.05, 4.69) is 0 Å². The van der Waals surface area contributed by atoms with Crippen molar-refractivity contribution < 1.29 is 22.4 Å². The van der Waals surface area contributed by atoms with E-state index in [9.17, 15) is 22.4 Å². The molecule has 23 heavy (non-hydrogen) atoms. The van der Waals surface area contributed by atoms with Crippen LogP contribution in [0.25, 0.3) is 0 Å². The van der Waals surface area contributed by atoms with Crippen LogP contribution in [-0.4, -0.2) is 29.9 Å². The average Bonchev–Trinajstić information content (AvgIpc) is 3.00. The van der Waals surface area contributed by atoms with Gasteiger partial charge in [-0.15, -0.1) is 12.4 Å². The van der Waals surface area contributed by atoms with E-state index in [1.165, 1.54) is 4.90 Å². The minimum absolute atomic E-state index is 0. The van der Waals surface area contributed by atoms with Gasteiger partial charge >= 0.3 is 6.18 Å². The lowest BCUT2D eigenvalue weighted by Crippen LogP contribution is -2.34. The maximum atomic E-state index is 14.0. The van der Waals surface area contributed by atoms with Crippen molar-refractivity contribution in [2.75, 3.05) is 13.1 Å². The summed E-state index contributed by atoms with van der Waals surface area (Å²) in [6.07, 6.45) is -3.01. The first-order valence-electron chi connectivity index (χ1n) is 7.19. The Morgan fingerprint density at radius 1 is 1.22 bits per heavy atom. The minimum Gasteiger partial charge on any atom is -0.338 e. The van der Waals surface area contributed by atoms with Crippen molar-refractivity contribution in [3.8, 4) is 0 Å². The van der Waals surface area contributed by atoms with Crippen LogP contribution in [0.4, 0.5) is 17.6 Å². The van der Waals surface area contributed by atoms with Gasteiger partial charge < -0.3 is 10.6 Å². The number of fused-ring (bicyclic) bond motifs is 1. The highest BCUT2D eigenvalue weighted by atomic mass is 35.5. The molecule has 3 unspecified atom stereocenters. The van der Waals surface area contributed by atoms with Crippen LogP contribution >= 0.6 is 12.4 Å². The Labute approximate surface area is 137 Å². The Hall–Kier alpha value is -1.34. The molecule has 1 aromatic carbocycles. The normalized spacial score (nSPS) is 26.8. The zero-order chi connectivity index (χ0) is 16.1. The largest absolute Gasteiger partial charge is 0.419 e. The first-order chi connectivity index (χ1) is 10.3. The van der Waals surface area contributed by atoms with Gasteiger partial charge in [-0.2, -0.15) is 13.2 Å². The lowest BCUT2D eigenvalue weighted by atomic mass is 9.98. The molecule has 0 bridgehead atoms. The van der Waals surface area contributed by atoms with E-state index in [0.717, 1.165) is 25.0 Å². The van der Waals surface area contributed by atoms with E-state index < -0.39 is 29.0 Å². The van der Waals surface area contributed by atoms with E-state index in [0.29, 0.717) is 19.2 Å². The lowest BCUT2D eigenvalue weighted by molar-refractivity contribution is -0.140. The van der Waals surface area contributed by atoms with E-state index in [1.54, 1.807) is 0 Å². The van der Waals surface area contributed by atoms with Gasteiger partial charge in [-0.25, -0.2) is 4.39 Å². The van der Waals surface area contributed by atoms with Crippen molar-refractivity contribution >= 4 is 18.3 Å². The molecule has 2 fully saturated rings. The number of carbonyl (C=O) groups is 1. The van der Waals surface area contributed by atoms with Crippen molar-refractivity contribution in [2.24, 2.45) is 17.6 Å². The molecule has 3 nitrogen and oxygen atoms in total. The number of rotatable bonds is 1. The highest BCUT2D eigenvalue weighted by Crippen LogP contribution is 2.38. The van der Waals surface area contributed by atoms with E-state index in [4.69, 9.17) is 5.73 Å². The quantitative estimate of drug-likeness (QED) is 0.790. The molecule has 0 spiro atoms. The molecule has 2 aliphatic rings. The predicted molar refractivity (Wildman–Crippen MR) is 78.7 cm³/mol. The molecule has 1 aliphatic carbocycles. The van der Waals surface area contributed by atoms with Gasteiger partial charge in [-0.3, -0.25) is 4.79 Å². The zero-order valence-corrected chi connectivity index (χ0v) is 13.0. The Morgan fingerprint density at radius 2 is 1.91 bits per heavy atom. The molecular formula is C15H17ClF4N2O. The summed E-state index contributed by atoms with van der Waals surface area (Å²) in [4.78, 5) is 13.8. The van der Waals surface area contributed by atoms with Crippen molar-refractivity contribution in [3.05, 3.63) is 35.1 Å². The van der Waals surface area contributed by atoms with Crippen LogP contribution < -0.4 is 5.73 Å². The molecule has 128 valence electrons. The van der Waals surface area contributed by atoms with Gasteiger partial charge in [0.2, 0.25) is 0 Å². The average molecular weight is 353 g/mol. The van der Waals surface area contributed by atoms with Crippen LogP contribution in [0, 0.1) is 17.7 Å². The molecule has 0 radical (unpaired) electrons. The number of hydrogen-bond acceptors (Lipinski definition) is 2. The molecule has 8 heteroatoms. The molecule has 3 rings (SSSR count). The zero-order valence-electron chi connectivity index (χ0n) is 12.1. The third kappa shape index (κ3) is 3.17. The lowest BCUT2D eigenvalue weighted by Gasteiger charge is -2.20. The number of alkyl halides is 3. The van der Waals surface area contributed by atoms with Crippen LogP contribution in [-0.2, 0) is 6.18 Å². The van der Waals surface area contributed by atoms with Crippen molar-refractivity contribution in [1.82, 2.24) is 4.90 Å². The van der Waals surface area contributed by atoms with Crippen molar-refractivity contribution in [2.45, 2.75) is 25.1 Å². The number of likely N-dealkylation sites (tertiary alicyclic amines) is 1. The summed E-state index contributed by atoms with van der Waals surface area (Å²) in [6.45, 7) is 0.827. The summed E-state index contributed by atoms with van der Waals surface area (Å²) in [7, 11) is 0. The van der Waals surface area contributed by atoms with Gasteiger partial charge in [0.25, 0.3) is 5.91 Å². The summed E-state index contributed by atoms with van der Waals surface area (Å²) in [5, 5.41) is 0. The number of nitrogens with zero attached hydrogens (tertiary/aromatic N) is 1. The second-order valence-corrected chi connectivity index (χ2v) is 6.04. The Kier molecular flexibility index (Phi) is 4.92. The fraction of sp³-hybridized carbons (Fsp3) is 0.533. The van der Waals surface area contributed by atoms with Gasteiger partial charge in [0.05, 0.1) is 11.1 Å². The van der Waals surface area contributed by atoms with Gasteiger partial charge in [0, 0.05) is 19.1 Å². The summed E-state index contributed by atoms with van der Waals surface area (Å²) < 4.78 is 52.2. The second-order valence-electron chi connectivity index (χ2n) is 6.04. The van der Waals surface area contributed by atoms with Crippen molar-refractivity contribution in [1.29, 1.82) is 0 Å². The van der Waals surface area contributed by atoms with E-state index in [1.807, 2.05) is 0 Å². The highest BCUT2D eigenvalue weighted by molar-refractivity contribution is 5.95. The van der Waals surface area contributed by atoms with Gasteiger partial charge in [-0.1, -0.05) is 6.07 Å². The van der Waals surface area contributed by atoms with Crippen LogP contribution in [0.15, 0.2) is 18.2 Å². The van der Waals surface area contributed by atoms with Crippen LogP contribution in [0.1, 0.15) is 28.8 Å². The Balaban J connectivity index is 0.00000192. The molecule has 2 N–H and O–H groups in total. The second kappa shape index (κ2) is 6.28. The smallest absolute Gasteiger partial charge is 0.338 e. The fourth-order valence-corrected chi connectivity index (χ4v) is 3.56. The SMILES string of the molecule is Cl.NC1CCC2CN(C(=O)c3cccc(C(F)(F)F)c3F)CC12. The van der Waals surface area contributed by atoms with E-state index in [-0.39, 0.29) is 30.3 Å². The van der Waals surface area contributed by atoms with Crippen molar-refractivity contribution in [3.63, 3.8) is 0 Å². The van der Waals surface area contributed by atoms with Crippen LogP contribution in [0.3, 0.4) is 0 Å². The highest BCUT2D eigenvalue weighted by Gasteiger charge is 2.43. The Morgan fingerprint density at radius 3 is 2.52 bits per heavy atom. The summed E-state index contributed by atoms with van der Waals surface area (Å²) >= 11 is 0. The molecule has 1 aliphatic heterocycles. The Bertz CT molecular complexity index is 608. The topological polar surface area (TPSA) is 46.3 Å². The molecule has 1 saturated heterocycles. The minimum atomic E-state index is -4.82. The monoisotopic (exact) mass is 352 g/mol. The maximum absolute atomic E-state index is 14.0. The molecular weight excluding hydrogens is 336 g/mol. The molecule has 1 heterocycles. The van der Waals surface area contributed by atoms with Gasteiger partial charge in [0.1, 0.15) is 5.82 Å². The molecule has 0 aromatic heterocycles. The van der Waals surface area contributed by atoms with Crippen LogP contribution in [0.5, 0.6) is 0 Å². The molecule has 3 atom stereocenters. The number of hydrogen-bond donors (Lipinski definition) is 1. The molecule has 1 saturated carbocycles. The third-order valence-corrected chi connectivity index (χ3v) is 4.73. The van der Waals surface area contributed by atoms with E-state index >= 15 is 0 Å². The first-order valence-corrected chi connectivity index (χ1v) is 7.19.